The lowest BCUT2D eigenvalue weighted by atomic mass is 10.1. The van der Waals surface area contributed by atoms with Gasteiger partial charge in [0, 0.05) is 5.56 Å². The average Bonchev–Trinajstić information content (AvgIpc) is 3.13. The lowest BCUT2D eigenvalue weighted by Gasteiger charge is -2.14. The topological polar surface area (TPSA) is 92.7 Å². The third kappa shape index (κ3) is 5.59. The van der Waals surface area contributed by atoms with E-state index in [9.17, 15) is 9.59 Å². The van der Waals surface area contributed by atoms with Crippen LogP contribution in [0.15, 0.2) is 47.1 Å². The lowest BCUT2D eigenvalue weighted by molar-refractivity contribution is -0.145. The Morgan fingerprint density at radius 3 is 2.53 bits per heavy atom. The summed E-state index contributed by atoms with van der Waals surface area (Å²) in [5.74, 6) is 0.285. The van der Waals surface area contributed by atoms with Crippen molar-refractivity contribution in [2.75, 3.05) is 26.9 Å². The summed E-state index contributed by atoms with van der Waals surface area (Å²) in [6.07, 6.45) is 1.53. The minimum Gasteiger partial charge on any atom is -0.497 e. The van der Waals surface area contributed by atoms with E-state index in [1.165, 1.54) is 6.08 Å². The van der Waals surface area contributed by atoms with Crippen LogP contribution in [0.5, 0.6) is 17.2 Å². The van der Waals surface area contributed by atoms with Gasteiger partial charge in [0.25, 0.3) is 0 Å². The highest BCUT2D eigenvalue weighted by atomic mass is 35.5. The van der Waals surface area contributed by atoms with Crippen molar-refractivity contribution in [3.8, 4) is 17.2 Å². The molecule has 0 spiro atoms. The highest BCUT2D eigenvalue weighted by Gasteiger charge is 2.24. The van der Waals surface area contributed by atoms with Crippen molar-refractivity contribution in [1.82, 2.24) is 0 Å². The Morgan fingerprint density at radius 1 is 1.12 bits per heavy atom. The van der Waals surface area contributed by atoms with E-state index in [2.05, 4.69) is 4.99 Å². The Balaban J connectivity index is 1.87. The van der Waals surface area contributed by atoms with Gasteiger partial charge in [-0.25, -0.2) is 14.6 Å². The van der Waals surface area contributed by atoms with Crippen molar-refractivity contribution >= 4 is 35.5 Å². The van der Waals surface area contributed by atoms with Crippen LogP contribution in [0.2, 0.25) is 5.02 Å². The summed E-state index contributed by atoms with van der Waals surface area (Å²) in [5.41, 5.74) is 1.29. The molecule has 0 N–H and O–H groups in total. The van der Waals surface area contributed by atoms with Gasteiger partial charge in [-0.3, -0.25) is 0 Å². The van der Waals surface area contributed by atoms with E-state index in [0.717, 1.165) is 0 Å². The summed E-state index contributed by atoms with van der Waals surface area (Å²) in [6.45, 7) is 3.78. The highest BCUT2D eigenvalue weighted by molar-refractivity contribution is 6.32. The Hall–Kier alpha value is -3.52. The first-order chi connectivity index (χ1) is 15.4. The number of methoxy groups -OCH3 is 1. The van der Waals surface area contributed by atoms with E-state index in [1.54, 1.807) is 57.4 Å². The van der Waals surface area contributed by atoms with Gasteiger partial charge in [-0.1, -0.05) is 11.6 Å². The molecule has 0 radical (unpaired) electrons. The second-order valence-corrected chi connectivity index (χ2v) is 6.83. The minimum absolute atomic E-state index is 0.106. The van der Waals surface area contributed by atoms with Gasteiger partial charge in [0.2, 0.25) is 5.90 Å². The van der Waals surface area contributed by atoms with Crippen LogP contribution in [0.4, 0.5) is 0 Å². The number of halogens is 1. The molecule has 0 amide bonds. The Kier molecular flexibility index (Phi) is 7.72. The molecule has 0 bridgehead atoms. The molecule has 0 unspecified atom stereocenters. The molecule has 0 saturated heterocycles. The third-order valence-electron chi connectivity index (χ3n) is 4.23. The molecule has 168 valence electrons. The zero-order chi connectivity index (χ0) is 23.1. The van der Waals surface area contributed by atoms with Gasteiger partial charge < -0.3 is 23.7 Å². The fourth-order valence-corrected chi connectivity index (χ4v) is 3.11. The number of esters is 2. The summed E-state index contributed by atoms with van der Waals surface area (Å²) in [6, 6.07) is 10.2. The summed E-state index contributed by atoms with van der Waals surface area (Å²) >= 11 is 6.36. The van der Waals surface area contributed by atoms with Crippen LogP contribution in [0.3, 0.4) is 0 Å². The van der Waals surface area contributed by atoms with E-state index in [4.69, 9.17) is 35.3 Å². The van der Waals surface area contributed by atoms with Crippen LogP contribution >= 0.6 is 11.6 Å². The molecule has 8 nitrogen and oxygen atoms in total. The third-order valence-corrected chi connectivity index (χ3v) is 4.51. The van der Waals surface area contributed by atoms with Crippen LogP contribution < -0.4 is 14.2 Å². The molecule has 0 aliphatic carbocycles. The van der Waals surface area contributed by atoms with E-state index in [-0.39, 0.29) is 35.6 Å². The number of ether oxygens (including phenoxy) is 5. The van der Waals surface area contributed by atoms with E-state index in [1.807, 2.05) is 0 Å². The van der Waals surface area contributed by atoms with Crippen molar-refractivity contribution in [3.05, 3.63) is 58.2 Å². The van der Waals surface area contributed by atoms with Gasteiger partial charge in [-0.15, -0.1) is 0 Å². The zero-order valence-electron chi connectivity index (χ0n) is 17.8. The first-order valence-corrected chi connectivity index (χ1v) is 10.2. The number of carbonyl (C=O) groups excluding carboxylic acids is 2. The van der Waals surface area contributed by atoms with Crippen LogP contribution in [-0.2, 0) is 19.1 Å². The quantitative estimate of drug-likeness (QED) is 0.412. The maximum absolute atomic E-state index is 12.3. The van der Waals surface area contributed by atoms with Crippen molar-refractivity contribution in [3.63, 3.8) is 0 Å². The maximum atomic E-state index is 12.3. The number of aliphatic imine (C=N–C) groups is 1. The molecule has 0 aromatic heterocycles. The Morgan fingerprint density at radius 2 is 1.88 bits per heavy atom. The van der Waals surface area contributed by atoms with Crippen LogP contribution in [0.1, 0.15) is 25.0 Å². The standard InChI is InChI=1S/C23H22ClNO7/c1-4-29-19-12-14(10-17(24)21(19)31-13-20(26)30-5-2)11-18-23(27)32-22(25-18)15-6-8-16(28-3)9-7-15/h6-12H,4-5,13H2,1-3H3. The molecule has 1 aliphatic heterocycles. The number of cyclic esters (lactones) is 1. The molecule has 32 heavy (non-hydrogen) atoms. The molecular formula is C23H22ClNO7. The molecule has 1 aliphatic rings. The van der Waals surface area contributed by atoms with Gasteiger partial charge in [0.1, 0.15) is 5.75 Å². The van der Waals surface area contributed by atoms with Gasteiger partial charge in [-0.2, -0.15) is 0 Å². The molecule has 9 heteroatoms. The van der Waals surface area contributed by atoms with Crippen molar-refractivity contribution < 1.29 is 33.3 Å². The predicted octanol–water partition coefficient (Wildman–Crippen LogP) is 4.03. The maximum Gasteiger partial charge on any atom is 0.363 e. The molecule has 3 rings (SSSR count). The van der Waals surface area contributed by atoms with Gasteiger partial charge in [0.15, 0.2) is 23.8 Å². The lowest BCUT2D eigenvalue weighted by Crippen LogP contribution is -2.15. The van der Waals surface area contributed by atoms with E-state index in [0.29, 0.717) is 29.2 Å². The zero-order valence-corrected chi connectivity index (χ0v) is 18.6. The van der Waals surface area contributed by atoms with Gasteiger partial charge in [-0.05, 0) is 61.9 Å². The molecular weight excluding hydrogens is 438 g/mol. The molecule has 0 saturated carbocycles. The predicted molar refractivity (Wildman–Crippen MR) is 118 cm³/mol. The van der Waals surface area contributed by atoms with Gasteiger partial charge in [0.05, 0.1) is 25.3 Å². The smallest absolute Gasteiger partial charge is 0.363 e. The van der Waals surface area contributed by atoms with Crippen molar-refractivity contribution in [2.24, 2.45) is 4.99 Å². The summed E-state index contributed by atoms with van der Waals surface area (Å²) in [7, 11) is 1.57. The molecule has 2 aromatic carbocycles. The number of benzene rings is 2. The van der Waals surface area contributed by atoms with Crippen molar-refractivity contribution in [2.45, 2.75) is 13.8 Å². The summed E-state index contributed by atoms with van der Waals surface area (Å²) < 4.78 is 26.4. The Bertz CT molecular complexity index is 1060. The van der Waals surface area contributed by atoms with Crippen LogP contribution in [0.25, 0.3) is 6.08 Å². The monoisotopic (exact) mass is 459 g/mol. The molecule has 2 aromatic rings. The first kappa shape index (κ1) is 23.1. The Labute approximate surface area is 190 Å². The average molecular weight is 460 g/mol. The van der Waals surface area contributed by atoms with Crippen LogP contribution in [0, 0.1) is 0 Å². The van der Waals surface area contributed by atoms with Gasteiger partial charge >= 0.3 is 11.9 Å². The second-order valence-electron chi connectivity index (χ2n) is 6.42. The fourth-order valence-electron chi connectivity index (χ4n) is 2.83. The summed E-state index contributed by atoms with van der Waals surface area (Å²) in [4.78, 5) is 28.2. The SMILES string of the molecule is CCOC(=O)COc1c(Cl)cc(C=C2N=C(c3ccc(OC)cc3)OC2=O)cc1OCC. The van der Waals surface area contributed by atoms with E-state index < -0.39 is 11.9 Å². The molecule has 1 heterocycles. The number of carbonyl (C=O) groups is 2. The number of nitrogens with zero attached hydrogens (tertiary/aromatic N) is 1. The van der Waals surface area contributed by atoms with Crippen LogP contribution in [-0.4, -0.2) is 44.8 Å². The number of rotatable bonds is 9. The fraction of sp³-hybridized carbons (Fsp3) is 0.261. The normalized spacial score (nSPS) is 14.1. The molecule has 0 fully saturated rings. The van der Waals surface area contributed by atoms with Crippen molar-refractivity contribution in [1.29, 1.82) is 0 Å². The number of hydrogen-bond donors (Lipinski definition) is 0. The second kappa shape index (κ2) is 10.7. The minimum atomic E-state index is -0.590. The first-order valence-electron chi connectivity index (χ1n) is 9.86. The van der Waals surface area contributed by atoms with E-state index >= 15 is 0 Å². The highest BCUT2D eigenvalue weighted by Crippen LogP contribution is 2.37. The largest absolute Gasteiger partial charge is 0.497 e. The summed E-state index contributed by atoms with van der Waals surface area (Å²) in [5, 5.41) is 0.206. The molecule has 0 atom stereocenters. The number of hydrogen-bond acceptors (Lipinski definition) is 8.